The monoisotopic (exact) mass is 438 g/mol. The number of nitrogens with zero attached hydrogens (tertiary/aromatic N) is 1. The highest BCUT2D eigenvalue weighted by Gasteiger charge is 2.39. The fourth-order valence-electron chi connectivity index (χ4n) is 3.33. The first kappa shape index (κ1) is 23.4. The SMILES string of the molecule is CCOC(=S)CC1(c2noc3cc(F)ccc23)CCNCC1.O=C(O)/C=C/C(=O)O. The van der Waals surface area contributed by atoms with Gasteiger partial charge in [-0.3, -0.25) is 0 Å². The Morgan fingerprint density at radius 2 is 1.93 bits per heavy atom. The molecular formula is C20H23FN2O6S. The standard InChI is InChI=1S/C16H19FN2O2S.C4H4O4/c1-2-20-14(22)10-16(5-7-18-8-6-16)15-12-4-3-11(17)9-13(12)21-19-15;5-3(6)1-2-4(7)8/h3-4,9,18H,2,5-8,10H2,1H3;1-2H,(H,5,6)(H,7,8)/b;2-1+. The Balaban J connectivity index is 0.000000343. The Bertz CT molecular complexity index is 921. The maximum absolute atomic E-state index is 13.4. The third-order valence-corrected chi connectivity index (χ3v) is 4.92. The minimum Gasteiger partial charge on any atom is -0.487 e. The second kappa shape index (κ2) is 10.8. The number of aliphatic carboxylic acids is 2. The molecule has 0 atom stereocenters. The summed E-state index contributed by atoms with van der Waals surface area (Å²) in [7, 11) is 0. The van der Waals surface area contributed by atoms with Crippen molar-refractivity contribution in [3.63, 3.8) is 0 Å². The van der Waals surface area contributed by atoms with Crippen molar-refractivity contribution in [3.05, 3.63) is 41.9 Å². The molecule has 162 valence electrons. The number of nitrogens with one attached hydrogen (secondary N) is 1. The highest BCUT2D eigenvalue weighted by Crippen LogP contribution is 2.40. The van der Waals surface area contributed by atoms with E-state index >= 15 is 0 Å². The molecule has 30 heavy (non-hydrogen) atoms. The Hall–Kier alpha value is -2.85. The fraction of sp³-hybridized carbons (Fsp3) is 0.400. The van der Waals surface area contributed by atoms with E-state index in [1.54, 1.807) is 6.07 Å². The number of thiocarbonyl (C=S) groups is 1. The molecule has 1 aliphatic rings. The molecule has 3 N–H and O–H groups in total. The van der Waals surface area contributed by atoms with Crippen molar-refractivity contribution in [2.75, 3.05) is 19.7 Å². The quantitative estimate of drug-likeness (QED) is 0.461. The molecule has 1 aromatic heterocycles. The number of halogens is 1. The van der Waals surface area contributed by atoms with Crippen LogP contribution in [-0.2, 0) is 19.7 Å². The van der Waals surface area contributed by atoms with E-state index in [9.17, 15) is 14.0 Å². The lowest BCUT2D eigenvalue weighted by Gasteiger charge is -2.36. The molecule has 0 bridgehead atoms. The van der Waals surface area contributed by atoms with Crippen LogP contribution in [0.4, 0.5) is 4.39 Å². The van der Waals surface area contributed by atoms with Crippen molar-refractivity contribution in [3.8, 4) is 0 Å². The number of aromatic nitrogens is 1. The predicted molar refractivity (Wildman–Crippen MR) is 111 cm³/mol. The molecule has 1 aliphatic heterocycles. The molecule has 1 saturated heterocycles. The zero-order chi connectivity index (χ0) is 22.1. The van der Waals surface area contributed by atoms with Gasteiger partial charge in [0.2, 0.25) is 0 Å². The number of carboxylic acids is 2. The van der Waals surface area contributed by atoms with Crippen LogP contribution in [0.5, 0.6) is 0 Å². The number of rotatable bonds is 6. The van der Waals surface area contributed by atoms with Gasteiger partial charge in [-0.25, -0.2) is 14.0 Å². The van der Waals surface area contributed by atoms with E-state index in [4.69, 9.17) is 31.7 Å². The van der Waals surface area contributed by atoms with Crippen molar-refractivity contribution in [1.29, 1.82) is 0 Å². The molecule has 0 saturated carbocycles. The van der Waals surface area contributed by atoms with Crippen LogP contribution >= 0.6 is 12.2 Å². The van der Waals surface area contributed by atoms with Crippen molar-refractivity contribution in [2.45, 2.75) is 31.6 Å². The molecule has 0 amide bonds. The van der Waals surface area contributed by atoms with Gasteiger partial charge in [0.05, 0.1) is 12.3 Å². The van der Waals surface area contributed by atoms with Gasteiger partial charge in [0.1, 0.15) is 5.82 Å². The van der Waals surface area contributed by atoms with Gasteiger partial charge in [0, 0.05) is 35.4 Å². The van der Waals surface area contributed by atoms with Gasteiger partial charge in [0.15, 0.2) is 10.6 Å². The fourth-order valence-corrected chi connectivity index (χ4v) is 3.72. The average Bonchev–Trinajstić information content (AvgIpc) is 3.11. The lowest BCUT2D eigenvalue weighted by Crippen LogP contribution is -2.41. The van der Waals surface area contributed by atoms with E-state index < -0.39 is 11.9 Å². The van der Waals surface area contributed by atoms with E-state index in [2.05, 4.69) is 10.5 Å². The number of hydrogen-bond acceptors (Lipinski definition) is 7. The van der Waals surface area contributed by atoms with E-state index in [0.29, 0.717) is 35.8 Å². The second-order valence-electron chi connectivity index (χ2n) is 6.69. The van der Waals surface area contributed by atoms with Crippen LogP contribution in [0, 0.1) is 5.82 Å². The Morgan fingerprint density at radius 1 is 1.30 bits per heavy atom. The maximum Gasteiger partial charge on any atom is 0.328 e. The van der Waals surface area contributed by atoms with Crippen LogP contribution in [0.3, 0.4) is 0 Å². The van der Waals surface area contributed by atoms with Crippen LogP contribution < -0.4 is 5.32 Å². The summed E-state index contributed by atoms with van der Waals surface area (Å²) in [6, 6.07) is 4.56. The summed E-state index contributed by atoms with van der Waals surface area (Å²) in [5.41, 5.74) is 1.14. The van der Waals surface area contributed by atoms with Gasteiger partial charge in [-0.15, -0.1) is 0 Å². The number of hydrogen-bond donors (Lipinski definition) is 3. The first-order chi connectivity index (χ1) is 14.3. The molecule has 1 fully saturated rings. The third-order valence-electron chi connectivity index (χ3n) is 4.65. The molecule has 0 aliphatic carbocycles. The lowest BCUT2D eigenvalue weighted by atomic mass is 9.72. The summed E-state index contributed by atoms with van der Waals surface area (Å²) in [5, 5.41) is 24.7. The molecular weight excluding hydrogens is 415 g/mol. The summed E-state index contributed by atoms with van der Waals surface area (Å²) < 4.78 is 24.2. The summed E-state index contributed by atoms with van der Waals surface area (Å²) in [6.45, 7) is 4.28. The number of benzene rings is 1. The normalized spacial score (nSPS) is 15.4. The number of carbonyl (C=O) groups is 2. The Morgan fingerprint density at radius 3 is 2.50 bits per heavy atom. The van der Waals surface area contributed by atoms with Gasteiger partial charge in [0.25, 0.3) is 0 Å². The summed E-state index contributed by atoms with van der Waals surface area (Å²) in [6.07, 6.45) is 3.56. The van der Waals surface area contributed by atoms with Crippen LogP contribution in [0.1, 0.15) is 31.9 Å². The number of fused-ring (bicyclic) bond motifs is 1. The summed E-state index contributed by atoms with van der Waals surface area (Å²) in [4.78, 5) is 19.1. The van der Waals surface area contributed by atoms with E-state index in [1.807, 2.05) is 6.92 Å². The van der Waals surface area contributed by atoms with Gasteiger partial charge in [-0.2, -0.15) is 0 Å². The van der Waals surface area contributed by atoms with Crippen LogP contribution in [0.2, 0.25) is 0 Å². The van der Waals surface area contributed by atoms with E-state index in [1.165, 1.54) is 12.1 Å². The minimum absolute atomic E-state index is 0.208. The molecule has 0 radical (unpaired) electrons. The molecule has 0 unspecified atom stereocenters. The highest BCUT2D eigenvalue weighted by molar-refractivity contribution is 7.80. The highest BCUT2D eigenvalue weighted by atomic mass is 32.1. The third kappa shape index (κ3) is 6.33. The molecule has 8 nitrogen and oxygen atoms in total. The number of ether oxygens (including phenoxy) is 1. The number of piperidine rings is 1. The number of carboxylic acid groups (broad SMARTS) is 2. The lowest BCUT2D eigenvalue weighted by molar-refractivity contribution is -0.134. The van der Waals surface area contributed by atoms with Crippen LogP contribution in [0.15, 0.2) is 34.9 Å². The predicted octanol–water partition coefficient (Wildman–Crippen LogP) is 3.05. The first-order valence-corrected chi connectivity index (χ1v) is 9.74. The molecule has 1 aromatic carbocycles. The second-order valence-corrected chi connectivity index (χ2v) is 7.15. The molecule has 2 heterocycles. The maximum atomic E-state index is 13.4. The van der Waals surface area contributed by atoms with Gasteiger partial charge < -0.3 is 24.8 Å². The topological polar surface area (TPSA) is 122 Å². The Kier molecular flexibility index (Phi) is 8.43. The first-order valence-electron chi connectivity index (χ1n) is 9.33. The molecule has 2 aromatic rings. The zero-order valence-electron chi connectivity index (χ0n) is 16.4. The molecule has 0 spiro atoms. The Labute approximate surface area is 177 Å². The smallest absolute Gasteiger partial charge is 0.328 e. The van der Waals surface area contributed by atoms with Crippen molar-refractivity contribution in [1.82, 2.24) is 10.5 Å². The zero-order valence-corrected chi connectivity index (χ0v) is 17.2. The average molecular weight is 438 g/mol. The summed E-state index contributed by atoms with van der Waals surface area (Å²) in [5.74, 6) is -2.83. The minimum atomic E-state index is -1.26. The van der Waals surface area contributed by atoms with Crippen LogP contribution in [-0.4, -0.2) is 52.1 Å². The summed E-state index contributed by atoms with van der Waals surface area (Å²) >= 11 is 5.36. The van der Waals surface area contributed by atoms with Gasteiger partial charge in [-0.05, 0) is 57.2 Å². The largest absolute Gasteiger partial charge is 0.487 e. The van der Waals surface area contributed by atoms with Crippen molar-refractivity contribution < 1.29 is 33.5 Å². The van der Waals surface area contributed by atoms with Gasteiger partial charge >= 0.3 is 11.9 Å². The molecule has 10 heteroatoms. The van der Waals surface area contributed by atoms with Crippen molar-refractivity contribution >= 4 is 40.2 Å². The van der Waals surface area contributed by atoms with Crippen molar-refractivity contribution in [2.24, 2.45) is 0 Å². The molecule has 3 rings (SSSR count). The van der Waals surface area contributed by atoms with E-state index in [-0.39, 0.29) is 11.2 Å². The van der Waals surface area contributed by atoms with Crippen LogP contribution in [0.25, 0.3) is 11.0 Å². The van der Waals surface area contributed by atoms with E-state index in [0.717, 1.165) is 37.0 Å². The van der Waals surface area contributed by atoms with Gasteiger partial charge in [-0.1, -0.05) is 5.16 Å².